The molecule has 1 saturated heterocycles. The van der Waals surface area contributed by atoms with Gasteiger partial charge in [-0.2, -0.15) is 0 Å². The molecule has 2 aromatic rings. The third kappa shape index (κ3) is 4.99. The maximum absolute atomic E-state index is 5.58. The van der Waals surface area contributed by atoms with Crippen molar-refractivity contribution in [2.45, 2.75) is 32.7 Å². The highest BCUT2D eigenvalue weighted by molar-refractivity contribution is 7.80. The molecule has 4 nitrogen and oxygen atoms in total. The average Bonchev–Trinajstić information content (AvgIpc) is 3.20. The summed E-state index contributed by atoms with van der Waals surface area (Å²) in [6.07, 6.45) is 2.52. The van der Waals surface area contributed by atoms with Crippen molar-refractivity contribution in [3.8, 4) is 5.75 Å². The predicted molar refractivity (Wildman–Crippen MR) is 117 cm³/mol. The molecule has 27 heavy (non-hydrogen) atoms. The Morgan fingerprint density at radius 2 is 1.70 bits per heavy atom. The van der Waals surface area contributed by atoms with Gasteiger partial charge in [0.1, 0.15) is 5.75 Å². The van der Waals surface area contributed by atoms with Gasteiger partial charge in [-0.1, -0.05) is 30.3 Å². The van der Waals surface area contributed by atoms with Crippen molar-refractivity contribution < 1.29 is 4.74 Å². The largest absolute Gasteiger partial charge is 0.497 e. The molecule has 1 aliphatic rings. The van der Waals surface area contributed by atoms with Gasteiger partial charge in [0.2, 0.25) is 0 Å². The summed E-state index contributed by atoms with van der Waals surface area (Å²) in [7, 11) is 1.70. The number of rotatable bonds is 6. The van der Waals surface area contributed by atoms with Crippen LogP contribution in [-0.2, 0) is 0 Å². The lowest BCUT2D eigenvalue weighted by atomic mass is 10.1. The van der Waals surface area contributed by atoms with Gasteiger partial charge in [0.25, 0.3) is 0 Å². The molecule has 1 atom stereocenters. The lowest BCUT2D eigenvalue weighted by molar-refractivity contribution is 0.246. The molecule has 1 heterocycles. The highest BCUT2D eigenvalue weighted by Gasteiger charge is 2.23. The van der Waals surface area contributed by atoms with Crippen LogP contribution in [0.2, 0.25) is 0 Å². The van der Waals surface area contributed by atoms with Crippen LogP contribution in [0.3, 0.4) is 0 Å². The average molecular weight is 384 g/mol. The zero-order chi connectivity index (χ0) is 19.2. The number of methoxy groups -OCH3 is 1. The van der Waals surface area contributed by atoms with E-state index in [4.69, 9.17) is 17.0 Å². The van der Waals surface area contributed by atoms with Crippen molar-refractivity contribution in [2.24, 2.45) is 0 Å². The Hall–Kier alpha value is -2.11. The van der Waals surface area contributed by atoms with Gasteiger partial charge >= 0.3 is 0 Å². The summed E-state index contributed by atoms with van der Waals surface area (Å²) in [5.41, 5.74) is 4.79. The Kier molecular flexibility index (Phi) is 6.69. The first-order valence-electron chi connectivity index (χ1n) is 9.57. The smallest absolute Gasteiger partial charge is 0.170 e. The summed E-state index contributed by atoms with van der Waals surface area (Å²) >= 11 is 5.58. The summed E-state index contributed by atoms with van der Waals surface area (Å²) in [4.78, 5) is 2.54. The van der Waals surface area contributed by atoms with E-state index in [0.29, 0.717) is 11.2 Å². The molecule has 0 spiro atoms. The van der Waals surface area contributed by atoms with Gasteiger partial charge in [0.15, 0.2) is 5.11 Å². The second kappa shape index (κ2) is 9.20. The first-order valence-corrected chi connectivity index (χ1v) is 9.98. The van der Waals surface area contributed by atoms with Crippen LogP contribution in [0, 0.1) is 13.8 Å². The van der Waals surface area contributed by atoms with Crippen LogP contribution in [0.4, 0.5) is 5.69 Å². The van der Waals surface area contributed by atoms with Crippen LogP contribution in [0.5, 0.6) is 5.75 Å². The number of ether oxygens (including phenoxy) is 1. The third-order valence-electron chi connectivity index (χ3n) is 5.26. The van der Waals surface area contributed by atoms with Crippen LogP contribution in [0.15, 0.2) is 42.5 Å². The van der Waals surface area contributed by atoms with Crippen LogP contribution >= 0.6 is 12.2 Å². The molecule has 5 heteroatoms. The number of hydrogen-bond acceptors (Lipinski definition) is 3. The molecule has 0 amide bonds. The summed E-state index contributed by atoms with van der Waals surface area (Å²) in [6.45, 7) is 7.25. The molecular weight excluding hydrogens is 354 g/mol. The highest BCUT2D eigenvalue weighted by Crippen LogP contribution is 2.26. The van der Waals surface area contributed by atoms with E-state index in [2.05, 4.69) is 59.7 Å². The zero-order valence-corrected chi connectivity index (χ0v) is 17.2. The third-order valence-corrected chi connectivity index (χ3v) is 5.50. The fourth-order valence-corrected chi connectivity index (χ4v) is 3.88. The maximum Gasteiger partial charge on any atom is 0.170 e. The fourth-order valence-electron chi connectivity index (χ4n) is 3.70. The van der Waals surface area contributed by atoms with Gasteiger partial charge < -0.3 is 15.4 Å². The minimum Gasteiger partial charge on any atom is -0.497 e. The first kappa shape index (κ1) is 19.6. The van der Waals surface area contributed by atoms with E-state index < -0.39 is 0 Å². The van der Waals surface area contributed by atoms with E-state index in [1.165, 1.54) is 29.5 Å². The number of likely N-dealkylation sites (tertiary alicyclic amines) is 1. The fraction of sp³-hybridized carbons (Fsp3) is 0.409. The molecular formula is C22H29N3OS. The maximum atomic E-state index is 5.58. The predicted octanol–water partition coefficient (Wildman–Crippen LogP) is 4.44. The Morgan fingerprint density at radius 1 is 1.07 bits per heavy atom. The minimum absolute atomic E-state index is 0.302. The number of para-hydroxylation sites is 1. The molecule has 3 rings (SSSR count). The van der Waals surface area contributed by atoms with Crippen LogP contribution in [-0.4, -0.2) is 36.8 Å². The molecule has 1 fully saturated rings. The quantitative estimate of drug-likeness (QED) is 0.722. The van der Waals surface area contributed by atoms with Crippen molar-refractivity contribution in [3.05, 3.63) is 59.2 Å². The summed E-state index contributed by atoms with van der Waals surface area (Å²) in [5.74, 6) is 0.888. The number of benzene rings is 2. The molecule has 144 valence electrons. The number of thiocarbonyl (C=S) groups is 1. The molecule has 1 unspecified atom stereocenters. The van der Waals surface area contributed by atoms with Gasteiger partial charge in [0.05, 0.1) is 13.2 Å². The van der Waals surface area contributed by atoms with Crippen LogP contribution in [0.1, 0.15) is 35.6 Å². The number of aryl methyl sites for hydroxylation is 2. The SMILES string of the molecule is COc1ccc(C(CNC(=S)Nc2c(C)cccc2C)N2CCCC2)cc1. The monoisotopic (exact) mass is 383 g/mol. The normalized spacial score (nSPS) is 15.4. The van der Waals surface area contributed by atoms with Crippen molar-refractivity contribution >= 4 is 23.0 Å². The van der Waals surface area contributed by atoms with Crippen molar-refractivity contribution in [3.63, 3.8) is 0 Å². The van der Waals surface area contributed by atoms with Crippen LogP contribution in [0.25, 0.3) is 0 Å². The Labute approximate surface area is 167 Å². The van der Waals surface area contributed by atoms with E-state index in [0.717, 1.165) is 31.1 Å². The number of nitrogens with zero attached hydrogens (tertiary/aromatic N) is 1. The first-order chi connectivity index (χ1) is 13.1. The second-order valence-corrected chi connectivity index (χ2v) is 7.54. The molecule has 2 N–H and O–H groups in total. The van der Waals surface area contributed by atoms with Gasteiger partial charge in [-0.3, -0.25) is 4.90 Å². The number of anilines is 1. The van der Waals surface area contributed by atoms with Crippen molar-refractivity contribution in [1.29, 1.82) is 0 Å². The van der Waals surface area contributed by atoms with Gasteiger partial charge in [-0.15, -0.1) is 0 Å². The number of hydrogen-bond donors (Lipinski definition) is 2. The standard InChI is InChI=1S/C22H29N3OS/c1-16-7-6-8-17(2)21(16)24-22(27)23-15-20(25-13-4-5-14-25)18-9-11-19(26-3)12-10-18/h6-12,20H,4-5,13-15H2,1-3H3,(H2,23,24,27). The Balaban J connectivity index is 1.67. The van der Waals surface area contributed by atoms with Crippen molar-refractivity contribution in [1.82, 2.24) is 10.2 Å². The molecule has 0 radical (unpaired) electrons. The highest BCUT2D eigenvalue weighted by atomic mass is 32.1. The lowest BCUT2D eigenvalue weighted by Gasteiger charge is -2.29. The van der Waals surface area contributed by atoms with Gasteiger partial charge in [-0.05, 0) is 80.8 Å². The van der Waals surface area contributed by atoms with E-state index in [-0.39, 0.29) is 0 Å². The topological polar surface area (TPSA) is 36.5 Å². The van der Waals surface area contributed by atoms with Crippen molar-refractivity contribution in [2.75, 3.05) is 32.1 Å². The molecule has 1 aliphatic heterocycles. The molecule has 0 aromatic heterocycles. The van der Waals surface area contributed by atoms with E-state index in [1.54, 1.807) is 7.11 Å². The van der Waals surface area contributed by atoms with Gasteiger partial charge in [0, 0.05) is 12.2 Å². The van der Waals surface area contributed by atoms with E-state index in [1.807, 2.05) is 12.1 Å². The van der Waals surface area contributed by atoms with Crippen LogP contribution < -0.4 is 15.4 Å². The summed E-state index contributed by atoms with van der Waals surface area (Å²) in [5, 5.41) is 7.48. The summed E-state index contributed by atoms with van der Waals surface area (Å²) < 4.78 is 5.30. The minimum atomic E-state index is 0.302. The lowest BCUT2D eigenvalue weighted by Crippen LogP contribution is -2.38. The second-order valence-electron chi connectivity index (χ2n) is 7.13. The molecule has 0 bridgehead atoms. The van der Waals surface area contributed by atoms with E-state index in [9.17, 15) is 0 Å². The summed E-state index contributed by atoms with van der Waals surface area (Å²) in [6, 6.07) is 15.0. The van der Waals surface area contributed by atoms with E-state index >= 15 is 0 Å². The zero-order valence-electron chi connectivity index (χ0n) is 16.4. The molecule has 2 aromatic carbocycles. The van der Waals surface area contributed by atoms with Gasteiger partial charge in [-0.25, -0.2) is 0 Å². The Bertz CT molecular complexity index is 749. The molecule has 0 saturated carbocycles. The Morgan fingerprint density at radius 3 is 2.30 bits per heavy atom. The number of nitrogens with one attached hydrogen (secondary N) is 2. The molecule has 0 aliphatic carbocycles.